The molecule has 0 aromatic heterocycles. The Morgan fingerprint density at radius 3 is 2.44 bits per heavy atom. The van der Waals surface area contributed by atoms with Crippen LogP contribution in [0, 0.1) is 23.2 Å². The fraction of sp³-hybridized carbons (Fsp3) is 0.355. The lowest BCUT2D eigenvalue weighted by Gasteiger charge is -2.31. The number of carbonyl (C=O) groups is 3. The first kappa shape index (κ1) is 25.2. The topological polar surface area (TPSA) is 106 Å². The van der Waals surface area contributed by atoms with Gasteiger partial charge >= 0.3 is 5.97 Å². The summed E-state index contributed by atoms with van der Waals surface area (Å²) in [6.45, 7) is 1.93. The number of esters is 1. The van der Waals surface area contributed by atoms with Crippen LogP contribution in [0.3, 0.4) is 0 Å². The third-order valence-corrected chi connectivity index (χ3v) is 8.60. The number of imide groups is 1. The number of methoxy groups -OCH3 is 1. The Morgan fingerprint density at radius 1 is 1.03 bits per heavy atom. The average Bonchev–Trinajstić information content (AvgIpc) is 3.53. The number of nitrogens with zero attached hydrogens (tertiary/aromatic N) is 2. The van der Waals surface area contributed by atoms with E-state index >= 15 is 0 Å². The van der Waals surface area contributed by atoms with Crippen molar-refractivity contribution in [3.8, 4) is 6.07 Å². The highest BCUT2D eigenvalue weighted by Crippen LogP contribution is 2.62. The lowest BCUT2D eigenvalue weighted by molar-refractivity contribution is -0.158. The first-order valence-corrected chi connectivity index (χ1v) is 13.1. The van der Waals surface area contributed by atoms with Gasteiger partial charge in [0.05, 0.1) is 47.0 Å². The Morgan fingerprint density at radius 2 is 1.72 bits per heavy atom. The minimum atomic E-state index is -0.904. The fourth-order valence-electron chi connectivity index (χ4n) is 6.82. The Bertz CT molecular complexity index is 1530. The molecule has 2 bridgehead atoms. The second-order valence-electron chi connectivity index (χ2n) is 10.7. The van der Waals surface area contributed by atoms with Crippen molar-refractivity contribution < 1.29 is 28.6 Å². The largest absolute Gasteiger partial charge is 0.463 e. The van der Waals surface area contributed by atoms with E-state index in [0.717, 1.165) is 0 Å². The maximum atomic E-state index is 14.0. The summed E-state index contributed by atoms with van der Waals surface area (Å²) in [7, 11) is 1.45. The Kier molecular flexibility index (Phi) is 6.01. The molecule has 3 aromatic rings. The third kappa shape index (κ3) is 3.76. The number of fused-ring (bicyclic) bond motifs is 6. The van der Waals surface area contributed by atoms with Crippen molar-refractivity contribution in [2.24, 2.45) is 11.8 Å². The fourth-order valence-corrected chi connectivity index (χ4v) is 6.82. The van der Waals surface area contributed by atoms with Gasteiger partial charge in [-0.05, 0) is 37.5 Å². The van der Waals surface area contributed by atoms with E-state index in [0.29, 0.717) is 46.8 Å². The van der Waals surface area contributed by atoms with E-state index in [1.165, 1.54) is 12.0 Å². The Labute approximate surface area is 226 Å². The van der Waals surface area contributed by atoms with Crippen LogP contribution in [-0.2, 0) is 28.6 Å². The van der Waals surface area contributed by atoms with Crippen molar-refractivity contribution >= 4 is 34.2 Å². The third-order valence-electron chi connectivity index (χ3n) is 8.60. The molecule has 0 radical (unpaired) electrons. The van der Waals surface area contributed by atoms with Crippen molar-refractivity contribution in [3.05, 3.63) is 77.9 Å². The molecule has 2 unspecified atom stereocenters. The van der Waals surface area contributed by atoms with E-state index in [1.54, 1.807) is 24.3 Å². The maximum absolute atomic E-state index is 14.0. The van der Waals surface area contributed by atoms with Gasteiger partial charge in [-0.2, -0.15) is 5.26 Å². The zero-order chi connectivity index (χ0) is 27.4. The molecule has 3 fully saturated rings. The Balaban J connectivity index is 1.26. The van der Waals surface area contributed by atoms with Crippen molar-refractivity contribution in [1.29, 1.82) is 5.26 Å². The van der Waals surface area contributed by atoms with Crippen LogP contribution in [0.1, 0.15) is 43.4 Å². The minimum Gasteiger partial charge on any atom is -0.463 e. The van der Waals surface area contributed by atoms with Gasteiger partial charge < -0.3 is 14.2 Å². The van der Waals surface area contributed by atoms with Gasteiger partial charge in [0.2, 0.25) is 11.8 Å². The van der Waals surface area contributed by atoms with Gasteiger partial charge in [0.1, 0.15) is 0 Å². The number of carbonyl (C=O) groups excluding carboxylic acids is 3. The van der Waals surface area contributed by atoms with Gasteiger partial charge in [-0.3, -0.25) is 9.59 Å². The van der Waals surface area contributed by atoms with E-state index in [1.807, 2.05) is 49.4 Å². The summed E-state index contributed by atoms with van der Waals surface area (Å²) in [5.74, 6) is -2.42. The summed E-state index contributed by atoms with van der Waals surface area (Å²) in [6.07, 6.45) is 0.662. The lowest BCUT2D eigenvalue weighted by atomic mass is 9.67. The summed E-state index contributed by atoms with van der Waals surface area (Å²) in [4.78, 5) is 42.0. The first-order chi connectivity index (χ1) is 18.8. The number of hydrogen-bond acceptors (Lipinski definition) is 7. The molecule has 5 atom stereocenters. The number of ether oxygens (including phenoxy) is 3. The van der Waals surface area contributed by atoms with Gasteiger partial charge in [0.25, 0.3) is 0 Å². The van der Waals surface area contributed by atoms with Crippen LogP contribution in [0.4, 0.5) is 5.69 Å². The van der Waals surface area contributed by atoms with Gasteiger partial charge in [0.15, 0.2) is 6.10 Å². The molecule has 39 heavy (non-hydrogen) atoms. The number of benzene rings is 3. The maximum Gasteiger partial charge on any atom is 0.339 e. The summed E-state index contributed by atoms with van der Waals surface area (Å²) < 4.78 is 17.5. The molecule has 0 spiro atoms. The zero-order valence-corrected chi connectivity index (χ0v) is 21.8. The smallest absolute Gasteiger partial charge is 0.339 e. The summed E-state index contributed by atoms with van der Waals surface area (Å²) in [6, 6.07) is 21.9. The highest BCUT2D eigenvalue weighted by molar-refractivity contribution is 6.26. The molecular weight excluding hydrogens is 496 g/mol. The van der Waals surface area contributed by atoms with Crippen molar-refractivity contribution in [2.45, 2.75) is 43.5 Å². The van der Waals surface area contributed by atoms with E-state index in [2.05, 4.69) is 6.07 Å². The number of nitriles is 1. The predicted molar refractivity (Wildman–Crippen MR) is 141 cm³/mol. The van der Waals surface area contributed by atoms with Crippen LogP contribution >= 0.6 is 0 Å². The molecule has 3 aliphatic rings. The second-order valence-corrected chi connectivity index (χ2v) is 10.7. The molecule has 6 rings (SSSR count). The monoisotopic (exact) mass is 524 g/mol. The quantitative estimate of drug-likeness (QED) is 0.332. The Hall–Kier alpha value is -4.06. The van der Waals surface area contributed by atoms with Crippen LogP contribution in [-0.4, -0.2) is 42.7 Å². The molecule has 0 saturated carbocycles. The number of anilines is 1. The van der Waals surface area contributed by atoms with Crippen LogP contribution in [0.15, 0.2) is 66.7 Å². The predicted octanol–water partition coefficient (Wildman–Crippen LogP) is 4.46. The van der Waals surface area contributed by atoms with Gasteiger partial charge in [0, 0.05) is 24.3 Å². The molecule has 198 valence electrons. The minimum absolute atomic E-state index is 0.0338. The molecule has 0 N–H and O–H groups in total. The first-order valence-electron chi connectivity index (χ1n) is 13.1. The summed E-state index contributed by atoms with van der Waals surface area (Å²) >= 11 is 0. The van der Waals surface area contributed by atoms with Gasteiger partial charge in [-0.1, -0.05) is 54.6 Å². The molecule has 3 aromatic carbocycles. The van der Waals surface area contributed by atoms with Crippen LogP contribution in [0.5, 0.6) is 0 Å². The number of amides is 2. The van der Waals surface area contributed by atoms with Crippen molar-refractivity contribution in [1.82, 2.24) is 0 Å². The summed E-state index contributed by atoms with van der Waals surface area (Å²) in [5.41, 5.74) is -0.0384. The molecular formula is C31H28N2O6. The van der Waals surface area contributed by atoms with Crippen molar-refractivity contribution in [2.75, 3.05) is 18.6 Å². The molecule has 8 heteroatoms. The number of hydrogen-bond donors (Lipinski definition) is 0. The molecule has 2 amide bonds. The molecule has 8 nitrogen and oxygen atoms in total. The number of rotatable bonds is 7. The SMILES string of the molecule is CO[C@H](C(=O)OCCC12CCC(C)(O1)[C@H]1C(=O)N(c3ccc(C#N)c4ccccc34)C(=O)[C@H]12)c1ccccc1. The average molecular weight is 525 g/mol. The van der Waals surface area contributed by atoms with E-state index in [4.69, 9.17) is 14.2 Å². The van der Waals surface area contributed by atoms with E-state index in [9.17, 15) is 19.6 Å². The van der Waals surface area contributed by atoms with E-state index < -0.39 is 35.1 Å². The van der Waals surface area contributed by atoms with Crippen LogP contribution in [0.25, 0.3) is 10.8 Å². The van der Waals surface area contributed by atoms with Gasteiger partial charge in [-0.25, -0.2) is 9.69 Å². The molecule has 3 aliphatic heterocycles. The normalized spacial score (nSPS) is 28.0. The highest BCUT2D eigenvalue weighted by Gasteiger charge is 2.74. The van der Waals surface area contributed by atoms with Crippen LogP contribution < -0.4 is 4.90 Å². The molecule has 3 heterocycles. The molecule has 0 aliphatic carbocycles. The van der Waals surface area contributed by atoms with Crippen LogP contribution in [0.2, 0.25) is 0 Å². The lowest BCUT2D eigenvalue weighted by Crippen LogP contribution is -2.43. The van der Waals surface area contributed by atoms with E-state index in [-0.39, 0.29) is 18.4 Å². The van der Waals surface area contributed by atoms with Crippen molar-refractivity contribution in [3.63, 3.8) is 0 Å². The summed E-state index contributed by atoms with van der Waals surface area (Å²) in [5, 5.41) is 10.9. The zero-order valence-electron chi connectivity index (χ0n) is 21.8. The standard InChI is InChI=1S/C31H28N2O6/c1-30-14-15-31(39-30,16-17-38-29(36)26(37-2)19-8-4-3-5-9-19)25-24(30)27(34)33(28(25)35)23-13-12-20(18-32)21-10-6-7-11-22(21)23/h3-13,24-26H,14-17H2,1-2H3/t24-,25+,26+,30?,31?/m1/s1. The molecule has 3 saturated heterocycles. The second kappa shape index (κ2) is 9.30. The van der Waals surface area contributed by atoms with Gasteiger partial charge in [-0.15, -0.1) is 0 Å². The highest BCUT2D eigenvalue weighted by atomic mass is 16.6.